The molecule has 1 N–H and O–H groups in total. The fourth-order valence-corrected chi connectivity index (χ4v) is 3.44. The quantitative estimate of drug-likeness (QED) is 0.675. The molecular weight excluding hydrogens is 344 g/mol. The number of hydrogen-bond acceptors (Lipinski definition) is 4. The highest BCUT2D eigenvalue weighted by molar-refractivity contribution is 7.99. The van der Waals surface area contributed by atoms with E-state index >= 15 is 0 Å². The second kappa shape index (κ2) is 8.19. The average molecular weight is 366 g/mol. The lowest BCUT2D eigenvalue weighted by molar-refractivity contribution is -0.119. The molecule has 0 aliphatic rings. The molecular formula is C20H22N4OS. The summed E-state index contributed by atoms with van der Waals surface area (Å²) in [6, 6.07) is 18.0. The Bertz CT molecular complexity index is 892. The van der Waals surface area contributed by atoms with Crippen molar-refractivity contribution in [1.82, 2.24) is 20.1 Å². The summed E-state index contributed by atoms with van der Waals surface area (Å²) in [5, 5.41) is 12.2. The molecule has 0 radical (unpaired) electrons. The van der Waals surface area contributed by atoms with Gasteiger partial charge in [-0.3, -0.25) is 4.79 Å². The number of thioether (sulfide) groups is 1. The molecule has 0 saturated heterocycles. The van der Waals surface area contributed by atoms with E-state index < -0.39 is 0 Å². The van der Waals surface area contributed by atoms with E-state index in [0.717, 1.165) is 22.1 Å². The van der Waals surface area contributed by atoms with Crippen LogP contribution in [0.5, 0.6) is 0 Å². The number of aryl methyl sites for hydroxylation is 1. The van der Waals surface area contributed by atoms with E-state index in [-0.39, 0.29) is 11.9 Å². The SMILES string of the molecule is Cc1cccc(-c2nnc(SCC(=O)N[C@H](C)c3ccccc3)n2C)c1. The fourth-order valence-electron chi connectivity index (χ4n) is 2.71. The van der Waals surface area contributed by atoms with Crippen LogP contribution in [-0.4, -0.2) is 26.4 Å². The summed E-state index contributed by atoms with van der Waals surface area (Å²) in [7, 11) is 1.92. The number of nitrogens with zero attached hydrogens (tertiary/aromatic N) is 3. The average Bonchev–Trinajstić information content (AvgIpc) is 3.01. The molecule has 3 rings (SSSR count). The first-order chi connectivity index (χ1) is 12.5. The first-order valence-corrected chi connectivity index (χ1v) is 9.46. The molecule has 0 bridgehead atoms. The van der Waals surface area contributed by atoms with Gasteiger partial charge in [0.2, 0.25) is 5.91 Å². The number of carbonyl (C=O) groups excluding carboxylic acids is 1. The van der Waals surface area contributed by atoms with Gasteiger partial charge in [0.15, 0.2) is 11.0 Å². The van der Waals surface area contributed by atoms with E-state index in [1.165, 1.54) is 17.3 Å². The Kier molecular flexibility index (Phi) is 5.73. The number of aromatic nitrogens is 3. The number of carbonyl (C=O) groups is 1. The summed E-state index contributed by atoms with van der Waals surface area (Å²) in [5.74, 6) is 1.08. The fraction of sp³-hybridized carbons (Fsp3) is 0.250. The van der Waals surface area contributed by atoms with Gasteiger partial charge in [-0.1, -0.05) is 65.9 Å². The molecule has 0 saturated carbocycles. The molecule has 2 aromatic carbocycles. The molecule has 3 aromatic rings. The van der Waals surface area contributed by atoms with Crippen LogP contribution in [0.4, 0.5) is 0 Å². The van der Waals surface area contributed by atoms with Gasteiger partial charge < -0.3 is 9.88 Å². The Morgan fingerprint density at radius 3 is 2.65 bits per heavy atom. The zero-order valence-electron chi connectivity index (χ0n) is 15.1. The van der Waals surface area contributed by atoms with Crippen LogP contribution < -0.4 is 5.32 Å². The largest absolute Gasteiger partial charge is 0.349 e. The predicted octanol–water partition coefficient (Wildman–Crippen LogP) is 3.76. The molecule has 0 unspecified atom stereocenters. The monoisotopic (exact) mass is 366 g/mol. The first-order valence-electron chi connectivity index (χ1n) is 8.48. The van der Waals surface area contributed by atoms with Crippen LogP contribution in [0.3, 0.4) is 0 Å². The Balaban J connectivity index is 1.61. The van der Waals surface area contributed by atoms with Crippen LogP contribution in [0.2, 0.25) is 0 Å². The molecule has 134 valence electrons. The Morgan fingerprint density at radius 2 is 1.92 bits per heavy atom. The molecule has 0 spiro atoms. The summed E-state index contributed by atoms with van der Waals surface area (Å²) in [6.45, 7) is 4.03. The maximum absolute atomic E-state index is 12.2. The third-order valence-electron chi connectivity index (χ3n) is 4.12. The van der Waals surface area contributed by atoms with Crippen molar-refractivity contribution in [2.45, 2.75) is 25.0 Å². The lowest BCUT2D eigenvalue weighted by Crippen LogP contribution is -2.28. The topological polar surface area (TPSA) is 59.8 Å². The van der Waals surface area contributed by atoms with E-state index in [1.54, 1.807) is 0 Å². The van der Waals surface area contributed by atoms with Crippen molar-refractivity contribution in [3.63, 3.8) is 0 Å². The van der Waals surface area contributed by atoms with Crippen LogP contribution in [-0.2, 0) is 11.8 Å². The molecule has 0 aliphatic heterocycles. The first kappa shape index (κ1) is 18.2. The molecule has 6 heteroatoms. The van der Waals surface area contributed by atoms with Gasteiger partial charge in [0.25, 0.3) is 0 Å². The van der Waals surface area contributed by atoms with E-state index in [9.17, 15) is 4.79 Å². The number of rotatable bonds is 6. The van der Waals surface area contributed by atoms with Crippen molar-refractivity contribution in [3.05, 3.63) is 65.7 Å². The van der Waals surface area contributed by atoms with Gasteiger partial charge in [0, 0.05) is 12.6 Å². The summed E-state index contributed by atoms with van der Waals surface area (Å²) in [5.41, 5.74) is 3.29. The van der Waals surface area contributed by atoms with Crippen molar-refractivity contribution in [2.24, 2.45) is 7.05 Å². The second-order valence-corrected chi connectivity index (χ2v) is 7.17. The van der Waals surface area contributed by atoms with Crippen LogP contribution in [0, 0.1) is 6.92 Å². The minimum Gasteiger partial charge on any atom is -0.349 e. The van der Waals surface area contributed by atoms with Crippen LogP contribution in [0.25, 0.3) is 11.4 Å². The van der Waals surface area contributed by atoms with E-state index in [1.807, 2.05) is 74.0 Å². The number of hydrogen-bond donors (Lipinski definition) is 1. The van der Waals surface area contributed by atoms with E-state index in [4.69, 9.17) is 0 Å². The lowest BCUT2D eigenvalue weighted by atomic mass is 10.1. The number of nitrogens with one attached hydrogen (secondary N) is 1. The lowest BCUT2D eigenvalue weighted by Gasteiger charge is -2.14. The molecule has 26 heavy (non-hydrogen) atoms. The van der Waals surface area contributed by atoms with Crippen molar-refractivity contribution >= 4 is 17.7 Å². The van der Waals surface area contributed by atoms with Crippen molar-refractivity contribution < 1.29 is 4.79 Å². The van der Waals surface area contributed by atoms with Gasteiger partial charge in [-0.15, -0.1) is 10.2 Å². The maximum atomic E-state index is 12.2. The van der Waals surface area contributed by atoms with Gasteiger partial charge >= 0.3 is 0 Å². The molecule has 0 fully saturated rings. The summed E-state index contributed by atoms with van der Waals surface area (Å²) in [4.78, 5) is 12.2. The predicted molar refractivity (Wildman–Crippen MR) is 105 cm³/mol. The van der Waals surface area contributed by atoms with Gasteiger partial charge in [-0.2, -0.15) is 0 Å². The minimum absolute atomic E-state index is 0.0216. The third kappa shape index (κ3) is 4.32. The zero-order chi connectivity index (χ0) is 18.5. The third-order valence-corrected chi connectivity index (χ3v) is 5.14. The highest BCUT2D eigenvalue weighted by Gasteiger charge is 2.14. The van der Waals surface area contributed by atoms with Crippen LogP contribution in [0.1, 0.15) is 24.1 Å². The Hall–Kier alpha value is -2.60. The Labute approximate surface area is 157 Å². The van der Waals surface area contributed by atoms with Crippen molar-refractivity contribution in [3.8, 4) is 11.4 Å². The van der Waals surface area contributed by atoms with Gasteiger partial charge in [-0.25, -0.2) is 0 Å². The smallest absolute Gasteiger partial charge is 0.230 e. The van der Waals surface area contributed by atoms with Crippen molar-refractivity contribution in [2.75, 3.05) is 5.75 Å². The molecule has 0 aliphatic carbocycles. The molecule has 1 atom stereocenters. The molecule has 1 heterocycles. The Morgan fingerprint density at radius 1 is 1.15 bits per heavy atom. The summed E-state index contributed by atoms with van der Waals surface area (Å²) < 4.78 is 1.92. The minimum atomic E-state index is -0.0218. The molecule has 1 aromatic heterocycles. The van der Waals surface area contributed by atoms with Gasteiger partial charge in [-0.05, 0) is 25.5 Å². The normalized spacial score (nSPS) is 12.0. The molecule has 1 amide bonds. The highest BCUT2D eigenvalue weighted by atomic mass is 32.2. The second-order valence-electron chi connectivity index (χ2n) is 6.22. The van der Waals surface area contributed by atoms with Crippen molar-refractivity contribution in [1.29, 1.82) is 0 Å². The number of amides is 1. The maximum Gasteiger partial charge on any atom is 0.230 e. The standard InChI is InChI=1S/C20H22N4OS/c1-14-8-7-11-17(12-14)19-22-23-20(24(19)3)26-13-18(25)21-15(2)16-9-5-4-6-10-16/h4-12,15H,13H2,1-3H3,(H,21,25)/t15-/m1/s1. The summed E-state index contributed by atoms with van der Waals surface area (Å²) in [6.07, 6.45) is 0. The van der Waals surface area contributed by atoms with Crippen LogP contribution >= 0.6 is 11.8 Å². The van der Waals surface area contributed by atoms with Gasteiger partial charge in [0.05, 0.1) is 11.8 Å². The van der Waals surface area contributed by atoms with E-state index in [2.05, 4.69) is 21.6 Å². The van der Waals surface area contributed by atoms with E-state index in [0.29, 0.717) is 5.75 Å². The zero-order valence-corrected chi connectivity index (χ0v) is 16.0. The number of benzene rings is 2. The van der Waals surface area contributed by atoms with Gasteiger partial charge in [0.1, 0.15) is 0 Å². The summed E-state index contributed by atoms with van der Waals surface area (Å²) >= 11 is 1.39. The highest BCUT2D eigenvalue weighted by Crippen LogP contribution is 2.23. The van der Waals surface area contributed by atoms with Crippen LogP contribution in [0.15, 0.2) is 59.8 Å². The molecule has 5 nitrogen and oxygen atoms in total.